The van der Waals surface area contributed by atoms with E-state index in [0.29, 0.717) is 6.54 Å². The van der Waals surface area contributed by atoms with Crippen LogP contribution in [0.3, 0.4) is 0 Å². The second kappa shape index (κ2) is 10.3. The molecule has 10 heteroatoms. The van der Waals surface area contributed by atoms with Crippen molar-refractivity contribution in [3.63, 3.8) is 0 Å². The third kappa shape index (κ3) is 6.56. The molecular formula is C12H21N3O5S2. The van der Waals surface area contributed by atoms with E-state index in [1.807, 2.05) is 0 Å². The lowest BCUT2D eigenvalue weighted by Gasteiger charge is -2.29. The van der Waals surface area contributed by atoms with Gasteiger partial charge in [-0.05, 0) is 6.92 Å². The molecule has 0 aromatic carbocycles. The molecule has 0 aromatic rings. The Morgan fingerprint density at radius 2 is 1.73 bits per heavy atom. The van der Waals surface area contributed by atoms with Gasteiger partial charge in [-0.15, -0.1) is 0 Å². The molecule has 0 bridgehead atoms. The number of carbonyl (C=O) groups excluding carboxylic acids is 3. The maximum Gasteiger partial charge on any atom is 0.322 e. The standard InChI is InChI=1S/C12H21N3O5S2/c1-3-15(7(2)16)9(6-22)12(20)14-8(5-21)11(19)13-4-10(17)18/h8-9,21-22H,3-6H2,1-2H3,(H,13,19)(H,14,20)(H,17,18)/t8-,9-/m0/s1. The predicted octanol–water partition coefficient (Wildman–Crippen LogP) is -1.23. The molecule has 0 spiro atoms. The molecule has 8 nitrogen and oxygen atoms in total. The number of rotatable bonds is 9. The van der Waals surface area contributed by atoms with Crippen LogP contribution in [0.2, 0.25) is 0 Å². The molecule has 0 unspecified atom stereocenters. The van der Waals surface area contributed by atoms with Gasteiger partial charge in [-0.3, -0.25) is 19.2 Å². The number of amides is 3. The van der Waals surface area contributed by atoms with E-state index >= 15 is 0 Å². The number of aliphatic carboxylic acids is 1. The summed E-state index contributed by atoms with van der Waals surface area (Å²) in [4.78, 5) is 47.2. The van der Waals surface area contributed by atoms with E-state index in [0.717, 1.165) is 0 Å². The summed E-state index contributed by atoms with van der Waals surface area (Å²) in [5.41, 5.74) is 0. The fourth-order valence-electron chi connectivity index (χ4n) is 1.73. The lowest BCUT2D eigenvalue weighted by atomic mass is 10.2. The molecule has 3 amide bonds. The lowest BCUT2D eigenvalue weighted by Crippen LogP contribution is -2.56. The van der Waals surface area contributed by atoms with Crippen LogP contribution in [-0.4, -0.2) is 70.4 Å². The van der Waals surface area contributed by atoms with Crippen molar-refractivity contribution in [2.75, 3.05) is 24.6 Å². The highest BCUT2D eigenvalue weighted by atomic mass is 32.1. The summed E-state index contributed by atoms with van der Waals surface area (Å²) in [7, 11) is 0. The fraction of sp³-hybridized carbons (Fsp3) is 0.667. The van der Waals surface area contributed by atoms with Crippen molar-refractivity contribution >= 4 is 48.9 Å². The van der Waals surface area contributed by atoms with Crippen LogP contribution in [0, 0.1) is 0 Å². The molecule has 0 aromatic heterocycles. The summed E-state index contributed by atoms with van der Waals surface area (Å²) in [6, 6.07) is -1.82. The van der Waals surface area contributed by atoms with Crippen molar-refractivity contribution in [3.05, 3.63) is 0 Å². The molecule has 3 N–H and O–H groups in total. The van der Waals surface area contributed by atoms with E-state index in [9.17, 15) is 19.2 Å². The van der Waals surface area contributed by atoms with Crippen LogP contribution in [0.5, 0.6) is 0 Å². The highest BCUT2D eigenvalue weighted by Gasteiger charge is 2.29. The smallest absolute Gasteiger partial charge is 0.322 e. The number of thiol groups is 2. The molecule has 0 radical (unpaired) electrons. The molecule has 0 saturated carbocycles. The van der Waals surface area contributed by atoms with Gasteiger partial charge in [0.25, 0.3) is 0 Å². The second-order valence-electron chi connectivity index (χ2n) is 4.36. The van der Waals surface area contributed by atoms with Crippen molar-refractivity contribution in [1.82, 2.24) is 15.5 Å². The van der Waals surface area contributed by atoms with Gasteiger partial charge in [-0.25, -0.2) is 0 Å². The van der Waals surface area contributed by atoms with Gasteiger partial charge in [0.1, 0.15) is 18.6 Å². The Morgan fingerprint density at radius 1 is 1.14 bits per heavy atom. The number of hydrogen-bond donors (Lipinski definition) is 5. The normalized spacial score (nSPS) is 12.9. The number of hydrogen-bond acceptors (Lipinski definition) is 6. The van der Waals surface area contributed by atoms with Crippen molar-refractivity contribution in [2.45, 2.75) is 25.9 Å². The maximum absolute atomic E-state index is 12.2. The van der Waals surface area contributed by atoms with E-state index in [4.69, 9.17) is 5.11 Å². The van der Waals surface area contributed by atoms with Crippen molar-refractivity contribution < 1.29 is 24.3 Å². The first kappa shape index (κ1) is 20.6. The summed E-state index contributed by atoms with van der Waals surface area (Å²) in [5, 5.41) is 13.1. The lowest BCUT2D eigenvalue weighted by molar-refractivity contribution is -0.140. The molecule has 0 aliphatic rings. The Hall–Kier alpha value is -1.42. The highest BCUT2D eigenvalue weighted by molar-refractivity contribution is 7.80. The molecule has 0 fully saturated rings. The molecule has 0 aliphatic carbocycles. The monoisotopic (exact) mass is 351 g/mol. The zero-order valence-corrected chi connectivity index (χ0v) is 14.2. The number of nitrogens with one attached hydrogen (secondary N) is 2. The average molecular weight is 351 g/mol. The Balaban J connectivity index is 4.84. The maximum atomic E-state index is 12.2. The number of carboxylic acids is 1. The summed E-state index contributed by atoms with van der Waals surface area (Å²) in [6.07, 6.45) is 0. The van der Waals surface area contributed by atoms with Gasteiger partial charge in [0.15, 0.2) is 0 Å². The van der Waals surface area contributed by atoms with Gasteiger partial charge in [0, 0.05) is 25.0 Å². The molecule has 126 valence electrons. The van der Waals surface area contributed by atoms with Crippen LogP contribution in [0.4, 0.5) is 0 Å². The minimum Gasteiger partial charge on any atom is -0.480 e. The van der Waals surface area contributed by atoms with E-state index in [1.54, 1.807) is 6.92 Å². The van der Waals surface area contributed by atoms with Gasteiger partial charge in [-0.1, -0.05) is 0 Å². The van der Waals surface area contributed by atoms with E-state index in [1.165, 1.54) is 11.8 Å². The van der Waals surface area contributed by atoms with Gasteiger partial charge in [-0.2, -0.15) is 25.3 Å². The molecule has 0 rings (SSSR count). The SMILES string of the molecule is CCN(C(C)=O)[C@@H](CS)C(=O)N[C@@H](CS)C(=O)NCC(=O)O. The largest absolute Gasteiger partial charge is 0.480 e. The van der Waals surface area contributed by atoms with Gasteiger partial charge in [0.2, 0.25) is 17.7 Å². The van der Waals surface area contributed by atoms with Crippen LogP contribution in [0.15, 0.2) is 0 Å². The van der Waals surface area contributed by atoms with Crippen LogP contribution in [0.25, 0.3) is 0 Å². The van der Waals surface area contributed by atoms with Crippen LogP contribution < -0.4 is 10.6 Å². The van der Waals surface area contributed by atoms with Crippen LogP contribution in [-0.2, 0) is 19.2 Å². The Bertz CT molecular complexity index is 433. The minimum atomic E-state index is -1.19. The summed E-state index contributed by atoms with van der Waals surface area (Å²) in [5.74, 6) is -2.60. The molecule has 2 atom stereocenters. The van der Waals surface area contributed by atoms with Gasteiger partial charge in [0.05, 0.1) is 0 Å². The number of carboxylic acid groups (broad SMARTS) is 1. The van der Waals surface area contributed by atoms with Crippen molar-refractivity contribution in [1.29, 1.82) is 0 Å². The second-order valence-corrected chi connectivity index (χ2v) is 5.09. The van der Waals surface area contributed by atoms with Crippen LogP contribution in [0.1, 0.15) is 13.8 Å². The summed E-state index contributed by atoms with van der Waals surface area (Å²) >= 11 is 8.03. The Morgan fingerprint density at radius 3 is 2.09 bits per heavy atom. The third-order valence-electron chi connectivity index (χ3n) is 2.83. The first-order valence-electron chi connectivity index (χ1n) is 6.57. The molecule has 0 saturated heterocycles. The van der Waals surface area contributed by atoms with E-state index < -0.39 is 36.4 Å². The van der Waals surface area contributed by atoms with Crippen molar-refractivity contribution in [2.24, 2.45) is 0 Å². The van der Waals surface area contributed by atoms with Crippen molar-refractivity contribution in [3.8, 4) is 0 Å². The first-order valence-corrected chi connectivity index (χ1v) is 7.83. The molecule has 22 heavy (non-hydrogen) atoms. The highest BCUT2D eigenvalue weighted by Crippen LogP contribution is 2.04. The number of likely N-dealkylation sites (N-methyl/N-ethyl adjacent to an activating group) is 1. The quantitative estimate of drug-likeness (QED) is 0.334. The van der Waals surface area contributed by atoms with Gasteiger partial charge < -0.3 is 20.6 Å². The first-order chi connectivity index (χ1) is 10.3. The van der Waals surface area contributed by atoms with Crippen LogP contribution >= 0.6 is 25.3 Å². The Labute approximate surface area is 139 Å². The average Bonchev–Trinajstić information content (AvgIpc) is 2.46. The van der Waals surface area contributed by atoms with Gasteiger partial charge >= 0.3 is 5.97 Å². The number of nitrogens with zero attached hydrogens (tertiary/aromatic N) is 1. The number of carbonyl (C=O) groups is 4. The zero-order valence-electron chi connectivity index (χ0n) is 12.4. The molecular weight excluding hydrogens is 330 g/mol. The summed E-state index contributed by atoms with van der Waals surface area (Å²) in [6.45, 7) is 2.83. The molecule has 0 aliphatic heterocycles. The van der Waals surface area contributed by atoms with E-state index in [2.05, 4.69) is 35.9 Å². The zero-order chi connectivity index (χ0) is 17.3. The molecule has 0 heterocycles. The minimum absolute atomic E-state index is 0.0112. The predicted molar refractivity (Wildman–Crippen MR) is 87.1 cm³/mol. The third-order valence-corrected chi connectivity index (χ3v) is 3.54. The summed E-state index contributed by atoms with van der Waals surface area (Å²) < 4.78 is 0. The fourth-order valence-corrected chi connectivity index (χ4v) is 2.35. The topological polar surface area (TPSA) is 116 Å². The Kier molecular flexibility index (Phi) is 9.66. The van der Waals surface area contributed by atoms with E-state index in [-0.39, 0.29) is 17.4 Å².